The van der Waals surface area contributed by atoms with E-state index in [1.165, 1.54) is 33.7 Å². The van der Waals surface area contributed by atoms with Gasteiger partial charge in [0.05, 0.1) is 39.7 Å². The van der Waals surface area contributed by atoms with E-state index >= 15 is 0 Å². The van der Waals surface area contributed by atoms with Crippen molar-refractivity contribution in [1.82, 2.24) is 94.7 Å². The van der Waals surface area contributed by atoms with Crippen molar-refractivity contribution in [1.29, 1.82) is 0 Å². The van der Waals surface area contributed by atoms with Gasteiger partial charge in [-0.3, -0.25) is 4.98 Å². The van der Waals surface area contributed by atoms with Crippen LogP contribution in [-0.2, 0) is 19.0 Å². The molecular weight excluding hydrogens is 1800 g/mol. The fraction of sp³-hybridized carbons (Fsp3) is 0.0430. The minimum absolute atomic E-state index is 0.0820. The van der Waals surface area contributed by atoms with Crippen molar-refractivity contribution in [3.8, 4) is 45.6 Å². The van der Waals surface area contributed by atoms with Crippen LogP contribution in [0.15, 0.2) is 339 Å². The molecule has 0 unspecified atom stereocenters. The van der Waals surface area contributed by atoms with Crippen molar-refractivity contribution >= 4 is 170 Å². The molecule has 40 heteroatoms. The van der Waals surface area contributed by atoms with Gasteiger partial charge in [-0.15, -0.1) is 0 Å². The maximum atomic E-state index is 13.0. The molecule has 18 rings (SSSR count). The molecule has 0 saturated heterocycles. The van der Waals surface area contributed by atoms with E-state index in [1.807, 2.05) is 280 Å². The molecule has 31 nitrogen and oxygen atoms in total. The Balaban J connectivity index is 0.000000146. The average Bonchev–Trinajstić information content (AvgIpc) is 0.830. The number of halogens is 3. The van der Waals surface area contributed by atoms with Gasteiger partial charge in [0.25, 0.3) is 0 Å². The topological polar surface area (TPSA) is 473 Å². The quantitative estimate of drug-likeness (QED) is 0.0194. The van der Waals surface area contributed by atoms with Crippen LogP contribution < -0.4 is 66.3 Å². The molecular formula is C93H76F3N31S6. The van der Waals surface area contributed by atoms with Crippen LogP contribution in [0.25, 0.3) is 45.6 Å². The number of aromatic nitrogens is 19. The molecule has 7 heterocycles. The highest BCUT2D eigenvalue weighted by molar-refractivity contribution is 8.77. The molecule has 0 spiro atoms. The number of hydrogen-bond donors (Lipinski definition) is 12. The number of anilines is 18. The smallest absolute Gasteiger partial charge is 0.368 e. The lowest BCUT2D eigenvalue weighted by Crippen LogP contribution is -2.08. The molecule has 0 saturated carbocycles. The Labute approximate surface area is 783 Å². The monoisotopic (exact) mass is 1880 g/mol. The van der Waals surface area contributed by atoms with Gasteiger partial charge >= 0.3 is 6.18 Å². The SMILES string of the molecule is Cc1ccc(-c2nc(N)nc(Nc3ccccc3SSc3ccccc3Nc3nc(N)nc(-c4ccc(C(F)(F)F)cc4)n3)n2)cc1.Nc1nc(Cc2ccccc2)nc(Nc2ccccc2SSc2ccccc2Nc2nc(N)nc(Cc3ccccc3)n2)n1.Nc1nc(Nc2ccccc2SSc2ccccc2Nc2nc(N)nc(-c3ccncc3)n2)nc(-c2ccccc2)n1. The third-order valence-corrected chi connectivity index (χ3v) is 26.1. The molecule has 11 aromatic carbocycles. The highest BCUT2D eigenvalue weighted by atomic mass is 33.1. The second kappa shape index (κ2) is 43.5. The van der Waals surface area contributed by atoms with Crippen LogP contribution in [0.2, 0.25) is 0 Å². The van der Waals surface area contributed by atoms with Gasteiger partial charge in [-0.1, -0.05) is 271 Å². The predicted molar refractivity (Wildman–Crippen MR) is 527 cm³/mol. The Morgan fingerprint density at radius 1 is 0.241 bits per heavy atom. The number of hydrogen-bond acceptors (Lipinski definition) is 37. The number of para-hydroxylation sites is 6. The molecule has 0 aliphatic rings. The van der Waals surface area contributed by atoms with Gasteiger partial charge in [-0.25, -0.2) is 0 Å². The first kappa shape index (κ1) is 90.5. The lowest BCUT2D eigenvalue weighted by atomic mass is 10.1. The van der Waals surface area contributed by atoms with Crippen molar-refractivity contribution < 1.29 is 13.2 Å². The van der Waals surface area contributed by atoms with Crippen molar-refractivity contribution in [2.24, 2.45) is 0 Å². The molecule has 133 heavy (non-hydrogen) atoms. The first-order chi connectivity index (χ1) is 64.8. The van der Waals surface area contributed by atoms with Crippen molar-refractivity contribution in [3.63, 3.8) is 0 Å². The Hall–Kier alpha value is -15.9. The van der Waals surface area contributed by atoms with Crippen molar-refractivity contribution in [3.05, 3.63) is 344 Å². The third kappa shape index (κ3) is 25.6. The minimum Gasteiger partial charge on any atom is -0.368 e. The van der Waals surface area contributed by atoms with Crippen LogP contribution in [0.5, 0.6) is 0 Å². The summed E-state index contributed by atoms with van der Waals surface area (Å²) in [7, 11) is 9.33. The molecule has 0 atom stereocenters. The molecule has 18 N–H and O–H groups in total. The van der Waals surface area contributed by atoms with E-state index in [1.54, 1.807) is 55.6 Å². The number of nitrogens with two attached hydrogens (primary N) is 6. The number of nitrogen functional groups attached to an aromatic ring is 6. The fourth-order valence-corrected chi connectivity index (χ4v) is 19.3. The van der Waals surface area contributed by atoms with Crippen LogP contribution in [0.3, 0.4) is 0 Å². The molecule has 7 aromatic heterocycles. The van der Waals surface area contributed by atoms with E-state index in [0.717, 1.165) is 103 Å². The standard InChI is InChI=1S/C32H25F3N10S2.C32H28N10S2.C29H23N11S2/c1-18-10-12-19(13-11-18)26-40-28(36)44-30(42-26)38-22-6-2-4-8-24(22)46-47-25-9-5-3-7-23(25)39-31-43-27(41-29(37)45-31)20-14-16-21(17-15-20)32(33,34)35;33-29-37-27(19-21-11-3-1-4-12-21)39-31(41-29)35-23-15-7-9-17-25(23)43-44-26-18-10-8-16-24(26)36-32-40-28(38-30(34)42-32)20-22-13-5-2-6-14-22;30-26-35-24(18-8-2-1-3-9-18)37-28(39-26)33-20-10-4-6-12-22(20)41-42-23-13-7-5-11-21(23)34-29-38-25(36-27(31)40-29)19-14-16-32-17-15-19/h2-17H,1H3,(H3,36,38,40,42,44)(H3,37,39,41,43,45);1-18H,19-20H2,(H3,33,35,37,39,41)(H3,34,36,38,40,42);1-17H,(H3,30,33,35,37,39)(H3,31,34,36,38,40). The molecule has 0 aliphatic heterocycles. The van der Waals surface area contributed by atoms with Crippen molar-refractivity contribution in [2.75, 3.05) is 66.3 Å². The highest BCUT2D eigenvalue weighted by Crippen LogP contribution is 2.48. The second-order valence-electron chi connectivity index (χ2n) is 28.3. The average molecular weight is 1880 g/mol. The number of nitrogens with one attached hydrogen (secondary N) is 6. The third-order valence-electron chi connectivity index (χ3n) is 18.6. The van der Waals surface area contributed by atoms with Gasteiger partial charge in [-0.05, 0) is 115 Å². The number of alkyl halides is 3. The van der Waals surface area contributed by atoms with E-state index in [-0.39, 0.29) is 47.5 Å². The van der Waals surface area contributed by atoms with Gasteiger partial charge < -0.3 is 66.3 Å². The van der Waals surface area contributed by atoms with E-state index in [0.29, 0.717) is 83.0 Å². The van der Waals surface area contributed by atoms with Crippen molar-refractivity contribution in [2.45, 2.75) is 55.3 Å². The first-order valence-electron chi connectivity index (χ1n) is 40.3. The minimum atomic E-state index is -4.45. The lowest BCUT2D eigenvalue weighted by Gasteiger charge is -2.13. The fourth-order valence-electron chi connectivity index (χ4n) is 12.5. The molecule has 0 aliphatic carbocycles. The van der Waals surface area contributed by atoms with Crippen LogP contribution >= 0.6 is 64.8 Å². The van der Waals surface area contributed by atoms with E-state index in [4.69, 9.17) is 34.4 Å². The van der Waals surface area contributed by atoms with E-state index in [2.05, 4.69) is 127 Å². The summed E-state index contributed by atoms with van der Waals surface area (Å²) in [5.41, 5.74) is 46.2. The Morgan fingerprint density at radius 3 is 0.759 bits per heavy atom. The number of aryl methyl sites for hydroxylation is 1. The second-order valence-corrected chi connectivity index (χ2v) is 35.0. The summed E-state index contributed by atoms with van der Waals surface area (Å²) >= 11 is 0. The molecule has 18 aromatic rings. The van der Waals surface area contributed by atoms with Gasteiger partial charge in [0.1, 0.15) is 11.6 Å². The largest absolute Gasteiger partial charge is 0.416 e. The molecule has 660 valence electrons. The lowest BCUT2D eigenvalue weighted by molar-refractivity contribution is -0.137. The summed E-state index contributed by atoms with van der Waals surface area (Å²) in [6.45, 7) is 2.01. The summed E-state index contributed by atoms with van der Waals surface area (Å²) < 4.78 is 39.1. The van der Waals surface area contributed by atoms with Gasteiger partial charge in [0.15, 0.2) is 23.3 Å². The van der Waals surface area contributed by atoms with Gasteiger partial charge in [0, 0.05) is 76.9 Å². The Bertz CT molecular complexity index is 6760. The van der Waals surface area contributed by atoms with E-state index in [9.17, 15) is 13.2 Å². The zero-order valence-corrected chi connectivity index (χ0v) is 74.8. The summed E-state index contributed by atoms with van der Waals surface area (Å²) in [5.74, 6) is 5.28. The van der Waals surface area contributed by atoms with Crippen LogP contribution in [0, 0.1) is 6.92 Å². The summed E-state index contributed by atoms with van der Waals surface area (Å²) in [5, 5.41) is 19.7. The summed E-state index contributed by atoms with van der Waals surface area (Å²) in [4.78, 5) is 88.4. The summed E-state index contributed by atoms with van der Waals surface area (Å²) in [6.07, 6.45) is 0.00946. The zero-order chi connectivity index (χ0) is 91.8. The maximum Gasteiger partial charge on any atom is 0.416 e. The van der Waals surface area contributed by atoms with Gasteiger partial charge in [-0.2, -0.15) is 103 Å². The zero-order valence-electron chi connectivity index (χ0n) is 69.9. The van der Waals surface area contributed by atoms with Crippen LogP contribution in [0.4, 0.5) is 119 Å². The van der Waals surface area contributed by atoms with Gasteiger partial charge in [0.2, 0.25) is 71.4 Å². The molecule has 0 bridgehead atoms. The molecule has 0 radical (unpaired) electrons. The van der Waals surface area contributed by atoms with Crippen LogP contribution in [-0.4, -0.2) is 94.7 Å². The Morgan fingerprint density at radius 2 is 0.474 bits per heavy atom. The van der Waals surface area contributed by atoms with Crippen LogP contribution in [0.1, 0.15) is 33.9 Å². The molecule has 0 amide bonds. The molecule has 0 fully saturated rings. The number of nitrogens with zero attached hydrogens (tertiary/aromatic N) is 19. The normalized spacial score (nSPS) is 11.0. The number of rotatable bonds is 29. The number of benzene rings is 11. The summed E-state index contributed by atoms with van der Waals surface area (Å²) in [6, 6.07) is 92.6. The highest BCUT2D eigenvalue weighted by Gasteiger charge is 2.30. The first-order valence-corrected chi connectivity index (χ1v) is 46.8. The Kier molecular flexibility index (Phi) is 29.6. The predicted octanol–water partition coefficient (Wildman–Crippen LogP) is 21.1. The maximum absolute atomic E-state index is 13.0. The number of pyridine rings is 1. The van der Waals surface area contributed by atoms with E-state index < -0.39 is 11.7 Å².